The van der Waals surface area contributed by atoms with E-state index in [1.165, 1.54) is 30.9 Å². The van der Waals surface area contributed by atoms with E-state index in [9.17, 15) is 24.0 Å². The number of carbonyl (C=O) groups is 5. The molecule has 4 amide bonds. The molecule has 12 heteroatoms. The first-order valence-corrected chi connectivity index (χ1v) is 10.0. The van der Waals surface area contributed by atoms with Gasteiger partial charge in [-0.2, -0.15) is 5.26 Å². The first kappa shape index (κ1) is 24.6. The number of nitrogens with zero attached hydrogens (tertiary/aromatic N) is 2. The van der Waals surface area contributed by atoms with Crippen LogP contribution >= 0.6 is 11.8 Å². The van der Waals surface area contributed by atoms with E-state index in [0.29, 0.717) is 5.03 Å². The number of amides is 4. The fourth-order valence-corrected chi connectivity index (χ4v) is 2.49. The fraction of sp³-hybridized carbons (Fsp3) is 0.389. The number of ketones is 1. The Morgan fingerprint density at radius 2 is 1.60 bits per heavy atom. The Labute approximate surface area is 177 Å². The van der Waals surface area contributed by atoms with E-state index >= 15 is 0 Å². The maximum Gasteiger partial charge on any atom is 0.252 e. The lowest BCUT2D eigenvalue weighted by atomic mass is 10.2. The van der Waals surface area contributed by atoms with Crippen molar-refractivity contribution in [3.63, 3.8) is 0 Å². The number of carbonyl (C=O) groups excluding carboxylic acids is 5. The predicted octanol–water partition coefficient (Wildman–Crippen LogP) is -1.27. The molecule has 0 saturated heterocycles. The Hall–Kier alpha value is -3.46. The number of Topliss-reactive ketones (excluding diaryl/α,β-unsaturated/α-hetero) is 1. The van der Waals surface area contributed by atoms with Crippen molar-refractivity contribution in [3.8, 4) is 6.07 Å². The molecule has 0 atom stereocenters. The Morgan fingerprint density at radius 3 is 2.17 bits per heavy atom. The third kappa shape index (κ3) is 9.16. The molecule has 0 aliphatic rings. The van der Waals surface area contributed by atoms with Gasteiger partial charge in [-0.1, -0.05) is 0 Å². The van der Waals surface area contributed by atoms with Crippen LogP contribution in [0.2, 0.25) is 0 Å². The molecule has 0 unspecified atom stereocenters. The van der Waals surface area contributed by atoms with Crippen LogP contribution in [0.15, 0.2) is 17.3 Å². The van der Waals surface area contributed by atoms with Gasteiger partial charge in [-0.15, -0.1) is 11.8 Å². The van der Waals surface area contributed by atoms with Gasteiger partial charge >= 0.3 is 0 Å². The minimum Gasteiger partial charge on any atom is -0.351 e. The number of rotatable bonds is 11. The number of pyridine rings is 1. The summed E-state index contributed by atoms with van der Waals surface area (Å²) in [5.41, 5.74) is 0.487. The summed E-state index contributed by atoms with van der Waals surface area (Å²) in [6, 6.07) is 3.39. The van der Waals surface area contributed by atoms with E-state index in [4.69, 9.17) is 5.26 Å². The van der Waals surface area contributed by atoms with Crippen LogP contribution in [0.3, 0.4) is 0 Å². The third-order valence-corrected chi connectivity index (χ3v) is 4.20. The zero-order chi connectivity index (χ0) is 22.5. The van der Waals surface area contributed by atoms with Crippen molar-refractivity contribution in [1.29, 1.82) is 5.26 Å². The number of hydrogen-bond acceptors (Lipinski definition) is 8. The Kier molecular flexibility index (Phi) is 10.6. The van der Waals surface area contributed by atoms with Gasteiger partial charge in [0.1, 0.15) is 16.9 Å². The lowest BCUT2D eigenvalue weighted by Crippen LogP contribution is -2.43. The summed E-state index contributed by atoms with van der Waals surface area (Å²) in [5, 5.41) is 19.1. The molecule has 0 bridgehead atoms. The molecule has 0 aromatic carbocycles. The third-order valence-electron chi connectivity index (χ3n) is 3.49. The van der Waals surface area contributed by atoms with E-state index in [1.807, 2.05) is 6.07 Å². The molecule has 4 N–H and O–H groups in total. The maximum absolute atomic E-state index is 12.1. The monoisotopic (exact) mass is 434 g/mol. The largest absolute Gasteiger partial charge is 0.351 e. The van der Waals surface area contributed by atoms with E-state index < -0.39 is 23.6 Å². The van der Waals surface area contributed by atoms with Crippen LogP contribution in [0.1, 0.15) is 29.3 Å². The van der Waals surface area contributed by atoms with Crippen LogP contribution in [-0.4, -0.2) is 66.8 Å². The summed E-state index contributed by atoms with van der Waals surface area (Å²) < 4.78 is 0. The smallest absolute Gasteiger partial charge is 0.252 e. The van der Waals surface area contributed by atoms with Crippen molar-refractivity contribution in [2.45, 2.75) is 18.4 Å². The van der Waals surface area contributed by atoms with Crippen molar-refractivity contribution in [1.82, 2.24) is 26.3 Å². The number of nitrogens with one attached hydrogen (secondary N) is 4. The number of nitriles is 1. The Balaban J connectivity index is 2.29. The molecule has 0 spiro atoms. The molecular formula is C18H22N6O5S. The van der Waals surface area contributed by atoms with E-state index in [2.05, 4.69) is 26.3 Å². The molecule has 30 heavy (non-hydrogen) atoms. The number of thioether (sulfide) groups is 1. The normalized spacial score (nSPS) is 9.77. The summed E-state index contributed by atoms with van der Waals surface area (Å²) >= 11 is 1.29. The summed E-state index contributed by atoms with van der Waals surface area (Å²) in [6.07, 6.45) is 3.05. The van der Waals surface area contributed by atoms with Crippen molar-refractivity contribution in [2.24, 2.45) is 0 Å². The van der Waals surface area contributed by atoms with Crippen molar-refractivity contribution >= 4 is 41.2 Å². The highest BCUT2D eigenvalue weighted by Crippen LogP contribution is 2.17. The van der Waals surface area contributed by atoms with Gasteiger partial charge in [-0.05, 0) is 19.2 Å². The Bertz CT molecular complexity index is 867. The topological polar surface area (TPSA) is 170 Å². The second-order valence-corrected chi connectivity index (χ2v) is 6.73. The molecule has 0 aliphatic carbocycles. The van der Waals surface area contributed by atoms with Crippen molar-refractivity contribution in [2.75, 3.05) is 32.4 Å². The molecule has 0 saturated carbocycles. The van der Waals surface area contributed by atoms with Gasteiger partial charge in [0.15, 0.2) is 0 Å². The number of hydrogen-bond donors (Lipinski definition) is 4. The summed E-state index contributed by atoms with van der Waals surface area (Å²) in [4.78, 5) is 61.6. The second kappa shape index (κ2) is 12.9. The maximum atomic E-state index is 12.1. The zero-order valence-electron chi connectivity index (χ0n) is 16.5. The summed E-state index contributed by atoms with van der Waals surface area (Å²) in [5.74, 6) is -2.26. The first-order chi connectivity index (χ1) is 14.3. The molecule has 0 fully saturated rings. The average molecular weight is 434 g/mol. The second-order valence-electron chi connectivity index (χ2n) is 5.93. The van der Waals surface area contributed by atoms with Crippen LogP contribution in [-0.2, 0) is 19.2 Å². The standard InChI is InChI=1S/C18H22N6O5S/c1-11(25)7-21-15(27)10-23-16(28)9-22-14(26)3-4-20-17(29)13-5-12(6-19)18(30-2)24-8-13/h5,8H,3-4,7,9-10H2,1-2H3,(H,20,29)(H,21,27)(H,22,26)(H,23,28). The molecule has 160 valence electrons. The Morgan fingerprint density at radius 1 is 1.00 bits per heavy atom. The van der Waals surface area contributed by atoms with Gasteiger partial charge in [-0.25, -0.2) is 4.98 Å². The van der Waals surface area contributed by atoms with Gasteiger partial charge in [0.25, 0.3) is 5.91 Å². The minimum absolute atomic E-state index is 0.0197. The molecule has 1 aromatic rings. The molecular weight excluding hydrogens is 412 g/mol. The van der Waals surface area contributed by atoms with Gasteiger partial charge in [-0.3, -0.25) is 24.0 Å². The lowest BCUT2D eigenvalue weighted by Gasteiger charge is -2.08. The SMILES string of the molecule is CSc1ncc(C(=O)NCCC(=O)NCC(=O)NCC(=O)NCC(C)=O)cc1C#N. The summed E-state index contributed by atoms with van der Waals surface area (Å²) in [7, 11) is 0. The van der Waals surface area contributed by atoms with Crippen LogP contribution in [0.5, 0.6) is 0 Å². The van der Waals surface area contributed by atoms with Gasteiger partial charge in [0.05, 0.1) is 30.8 Å². The summed E-state index contributed by atoms with van der Waals surface area (Å²) in [6.45, 7) is 0.571. The quantitative estimate of drug-likeness (QED) is 0.312. The van der Waals surface area contributed by atoms with E-state index in [-0.39, 0.29) is 49.5 Å². The molecule has 1 aromatic heterocycles. The first-order valence-electron chi connectivity index (χ1n) is 8.78. The average Bonchev–Trinajstić information content (AvgIpc) is 2.73. The highest BCUT2D eigenvalue weighted by Gasteiger charge is 2.12. The van der Waals surface area contributed by atoms with Crippen molar-refractivity contribution < 1.29 is 24.0 Å². The minimum atomic E-state index is -0.575. The van der Waals surface area contributed by atoms with Crippen molar-refractivity contribution in [3.05, 3.63) is 23.4 Å². The molecule has 1 heterocycles. The van der Waals surface area contributed by atoms with Crippen LogP contribution in [0, 0.1) is 11.3 Å². The van der Waals surface area contributed by atoms with Crippen LogP contribution in [0.4, 0.5) is 0 Å². The molecule has 0 radical (unpaired) electrons. The molecule has 0 aliphatic heterocycles. The van der Waals surface area contributed by atoms with Gasteiger partial charge in [0, 0.05) is 19.2 Å². The fourth-order valence-electron chi connectivity index (χ4n) is 2.00. The van der Waals surface area contributed by atoms with E-state index in [0.717, 1.165) is 0 Å². The van der Waals surface area contributed by atoms with Crippen LogP contribution < -0.4 is 21.3 Å². The molecule has 1 rings (SSSR count). The molecule has 11 nitrogen and oxygen atoms in total. The van der Waals surface area contributed by atoms with E-state index in [1.54, 1.807) is 6.26 Å². The predicted molar refractivity (Wildman–Crippen MR) is 107 cm³/mol. The lowest BCUT2D eigenvalue weighted by molar-refractivity contribution is -0.128. The highest BCUT2D eigenvalue weighted by atomic mass is 32.2. The number of aromatic nitrogens is 1. The van der Waals surface area contributed by atoms with Gasteiger partial charge in [0.2, 0.25) is 17.7 Å². The zero-order valence-corrected chi connectivity index (χ0v) is 17.4. The van der Waals surface area contributed by atoms with Crippen LogP contribution in [0.25, 0.3) is 0 Å². The highest BCUT2D eigenvalue weighted by molar-refractivity contribution is 7.98. The van der Waals surface area contributed by atoms with Gasteiger partial charge < -0.3 is 21.3 Å².